The lowest BCUT2D eigenvalue weighted by atomic mass is 10.2. The largest absolute Gasteiger partial charge is 0.313 e. The van der Waals surface area contributed by atoms with Gasteiger partial charge in [0.15, 0.2) is 9.84 Å². The molecule has 70 valence electrons. The van der Waals surface area contributed by atoms with Crippen molar-refractivity contribution in [3.8, 4) is 0 Å². The molecule has 0 amide bonds. The molecule has 1 aromatic rings. The van der Waals surface area contributed by atoms with Crippen molar-refractivity contribution in [1.29, 1.82) is 5.41 Å². The van der Waals surface area contributed by atoms with Crippen LogP contribution in [0.3, 0.4) is 0 Å². The zero-order valence-corrected chi connectivity index (χ0v) is 8.14. The quantitative estimate of drug-likeness (QED) is 0.742. The summed E-state index contributed by atoms with van der Waals surface area (Å²) in [7, 11) is -3.16. The molecular weight excluding hydrogens is 186 g/mol. The fourth-order valence-electron chi connectivity index (χ4n) is 1.14. The zero-order valence-electron chi connectivity index (χ0n) is 7.32. The summed E-state index contributed by atoms with van der Waals surface area (Å²) in [6.07, 6.45) is 2.74. The Morgan fingerprint density at radius 3 is 2.54 bits per heavy atom. The van der Waals surface area contributed by atoms with E-state index in [4.69, 9.17) is 5.41 Å². The number of hydrogen-bond acceptors (Lipinski definition) is 3. The predicted molar refractivity (Wildman–Crippen MR) is 52.0 cm³/mol. The maximum Gasteiger partial charge on any atom is 0.175 e. The molecule has 13 heavy (non-hydrogen) atoms. The molecule has 3 nitrogen and oxygen atoms in total. The van der Waals surface area contributed by atoms with Gasteiger partial charge in [0.1, 0.15) is 0 Å². The van der Waals surface area contributed by atoms with Crippen LogP contribution in [0.15, 0.2) is 29.2 Å². The third-order valence-electron chi connectivity index (χ3n) is 1.69. The molecule has 1 rings (SSSR count). The van der Waals surface area contributed by atoms with E-state index in [0.29, 0.717) is 16.9 Å². The van der Waals surface area contributed by atoms with Gasteiger partial charge in [-0.1, -0.05) is 18.2 Å². The van der Waals surface area contributed by atoms with E-state index in [1.165, 1.54) is 12.5 Å². The lowest BCUT2D eigenvalue weighted by Crippen LogP contribution is -2.02. The summed E-state index contributed by atoms with van der Waals surface area (Å²) in [6, 6.07) is 6.74. The molecule has 1 aromatic carbocycles. The number of sulfone groups is 1. The highest BCUT2D eigenvalue weighted by molar-refractivity contribution is 7.90. The summed E-state index contributed by atoms with van der Waals surface area (Å²) in [5.41, 5.74) is 0.681. The fourth-order valence-corrected chi connectivity index (χ4v) is 2.10. The lowest BCUT2D eigenvalue weighted by molar-refractivity contribution is 0.601. The second kappa shape index (κ2) is 3.70. The molecule has 1 N–H and O–H groups in total. The standard InChI is InChI=1S/C9H11NO2S/c1-13(11,12)9-5-3-2-4-8(9)6-7-10/h2-5,7,10H,6H2,1H3. The number of rotatable bonds is 3. The van der Waals surface area contributed by atoms with Crippen LogP contribution in [0.25, 0.3) is 0 Å². The van der Waals surface area contributed by atoms with Gasteiger partial charge in [0, 0.05) is 12.7 Å². The van der Waals surface area contributed by atoms with Gasteiger partial charge in [0.2, 0.25) is 0 Å². The molecule has 4 heteroatoms. The second-order valence-corrected chi connectivity index (χ2v) is 4.77. The van der Waals surface area contributed by atoms with E-state index in [0.717, 1.165) is 0 Å². The Hall–Kier alpha value is -1.16. The van der Waals surface area contributed by atoms with Crippen LogP contribution in [-0.4, -0.2) is 20.9 Å². The predicted octanol–water partition coefficient (Wildman–Crippen LogP) is 1.28. The lowest BCUT2D eigenvalue weighted by Gasteiger charge is -2.03. The topological polar surface area (TPSA) is 58.0 Å². The summed E-state index contributed by atoms with van der Waals surface area (Å²) in [4.78, 5) is 0.318. The third-order valence-corrected chi connectivity index (χ3v) is 2.89. The van der Waals surface area contributed by atoms with Gasteiger partial charge in [-0.05, 0) is 17.8 Å². The minimum Gasteiger partial charge on any atom is -0.313 e. The van der Waals surface area contributed by atoms with Crippen LogP contribution in [0.1, 0.15) is 5.56 Å². The smallest absolute Gasteiger partial charge is 0.175 e. The molecular formula is C9H11NO2S. The Balaban J connectivity index is 3.28. The van der Waals surface area contributed by atoms with Crippen molar-refractivity contribution in [3.63, 3.8) is 0 Å². The van der Waals surface area contributed by atoms with E-state index in [1.54, 1.807) is 24.3 Å². The Labute approximate surface area is 77.8 Å². The van der Waals surface area contributed by atoms with E-state index in [1.807, 2.05) is 0 Å². The van der Waals surface area contributed by atoms with Gasteiger partial charge in [-0.3, -0.25) is 0 Å². The number of benzene rings is 1. The van der Waals surface area contributed by atoms with Gasteiger partial charge in [-0.15, -0.1) is 0 Å². The molecule has 0 saturated heterocycles. The van der Waals surface area contributed by atoms with Gasteiger partial charge in [0.05, 0.1) is 4.90 Å². The summed E-state index contributed by atoms with van der Waals surface area (Å²) in [6.45, 7) is 0. The van der Waals surface area contributed by atoms with Crippen LogP contribution in [0, 0.1) is 5.41 Å². The van der Waals surface area contributed by atoms with Crippen LogP contribution in [-0.2, 0) is 16.3 Å². The van der Waals surface area contributed by atoms with E-state index in [-0.39, 0.29) is 0 Å². The molecule has 0 radical (unpaired) electrons. The first-order chi connectivity index (χ1) is 6.05. The molecule has 0 bridgehead atoms. The fraction of sp³-hybridized carbons (Fsp3) is 0.222. The highest BCUT2D eigenvalue weighted by Gasteiger charge is 2.10. The first-order valence-corrected chi connectivity index (χ1v) is 5.71. The third kappa shape index (κ3) is 2.39. The average Bonchev–Trinajstić information content (AvgIpc) is 2.04. The molecule has 0 heterocycles. The zero-order chi connectivity index (χ0) is 9.90. The molecule has 0 saturated carbocycles. The van der Waals surface area contributed by atoms with E-state index < -0.39 is 9.84 Å². The van der Waals surface area contributed by atoms with E-state index in [2.05, 4.69) is 0 Å². The van der Waals surface area contributed by atoms with Crippen LogP contribution >= 0.6 is 0 Å². The number of hydrogen-bond donors (Lipinski definition) is 1. The molecule has 0 aliphatic rings. The highest BCUT2D eigenvalue weighted by atomic mass is 32.2. The van der Waals surface area contributed by atoms with Crippen LogP contribution in [0.4, 0.5) is 0 Å². The number of nitrogens with one attached hydrogen (secondary N) is 1. The molecule has 0 spiro atoms. The first-order valence-electron chi connectivity index (χ1n) is 3.82. The SMILES string of the molecule is CS(=O)(=O)c1ccccc1CC=N. The summed E-state index contributed by atoms with van der Waals surface area (Å²) < 4.78 is 22.5. The minimum absolute atomic E-state index is 0.318. The van der Waals surface area contributed by atoms with Gasteiger partial charge in [-0.2, -0.15) is 0 Å². The molecule has 0 unspecified atom stereocenters. The molecule has 0 atom stereocenters. The van der Waals surface area contributed by atoms with Gasteiger partial charge in [-0.25, -0.2) is 8.42 Å². The first kappa shape index (κ1) is 9.92. The molecule has 0 fully saturated rings. The van der Waals surface area contributed by atoms with Crippen molar-refractivity contribution in [3.05, 3.63) is 29.8 Å². The average molecular weight is 197 g/mol. The maximum atomic E-state index is 11.3. The second-order valence-electron chi connectivity index (χ2n) is 2.79. The van der Waals surface area contributed by atoms with E-state index in [9.17, 15) is 8.42 Å². The van der Waals surface area contributed by atoms with Crippen molar-refractivity contribution in [2.45, 2.75) is 11.3 Å². The Morgan fingerprint density at radius 2 is 2.00 bits per heavy atom. The van der Waals surface area contributed by atoms with Crippen molar-refractivity contribution in [1.82, 2.24) is 0 Å². The molecule has 0 aromatic heterocycles. The monoisotopic (exact) mass is 197 g/mol. The van der Waals surface area contributed by atoms with Crippen LogP contribution < -0.4 is 0 Å². The van der Waals surface area contributed by atoms with E-state index >= 15 is 0 Å². The van der Waals surface area contributed by atoms with Gasteiger partial charge >= 0.3 is 0 Å². The Bertz CT molecular complexity index is 409. The van der Waals surface area contributed by atoms with Crippen molar-refractivity contribution < 1.29 is 8.42 Å². The van der Waals surface area contributed by atoms with Crippen molar-refractivity contribution in [2.75, 3.05) is 6.26 Å². The summed E-state index contributed by atoms with van der Waals surface area (Å²) in [5.74, 6) is 0. The van der Waals surface area contributed by atoms with Crippen LogP contribution in [0.2, 0.25) is 0 Å². The van der Waals surface area contributed by atoms with Gasteiger partial charge in [0.25, 0.3) is 0 Å². The molecule has 0 aliphatic carbocycles. The molecule has 0 aliphatic heterocycles. The van der Waals surface area contributed by atoms with Crippen molar-refractivity contribution in [2.24, 2.45) is 0 Å². The maximum absolute atomic E-state index is 11.3. The minimum atomic E-state index is -3.16. The van der Waals surface area contributed by atoms with Crippen molar-refractivity contribution >= 4 is 16.1 Å². The van der Waals surface area contributed by atoms with Crippen LogP contribution in [0.5, 0.6) is 0 Å². The Morgan fingerprint density at radius 1 is 1.38 bits per heavy atom. The highest BCUT2D eigenvalue weighted by Crippen LogP contribution is 2.14. The summed E-state index contributed by atoms with van der Waals surface area (Å²) in [5, 5.41) is 6.92. The van der Waals surface area contributed by atoms with Gasteiger partial charge < -0.3 is 5.41 Å². The summed E-state index contributed by atoms with van der Waals surface area (Å²) >= 11 is 0. The normalized spacial score (nSPS) is 11.2. The Kier molecular flexibility index (Phi) is 2.83.